The average molecular weight is 274 g/mol. The molecule has 1 aromatic rings. The third-order valence-corrected chi connectivity index (χ3v) is 3.94. The summed E-state index contributed by atoms with van der Waals surface area (Å²) < 4.78 is 11.2. The van der Waals surface area contributed by atoms with E-state index in [0.717, 1.165) is 5.56 Å². The quantitative estimate of drug-likeness (QED) is 0.899. The van der Waals surface area contributed by atoms with Crippen molar-refractivity contribution >= 4 is 5.78 Å². The van der Waals surface area contributed by atoms with Gasteiger partial charge >= 0.3 is 0 Å². The summed E-state index contributed by atoms with van der Waals surface area (Å²) in [5.41, 5.74) is 1.14. The number of ketones is 1. The monoisotopic (exact) mass is 274 g/mol. The Morgan fingerprint density at radius 1 is 1.25 bits per heavy atom. The number of allylic oxidation sites excluding steroid dienone is 1. The Kier molecular flexibility index (Phi) is 3.49. The molecule has 1 aliphatic heterocycles. The highest BCUT2D eigenvalue weighted by Crippen LogP contribution is 2.33. The maximum absolute atomic E-state index is 12.4. The molecule has 1 heterocycles. The Labute approximate surface area is 118 Å². The molecule has 0 aromatic heterocycles. The number of aryl methyl sites for hydroxylation is 1. The van der Waals surface area contributed by atoms with E-state index in [1.54, 1.807) is 0 Å². The predicted molar refractivity (Wildman–Crippen MR) is 73.1 cm³/mol. The summed E-state index contributed by atoms with van der Waals surface area (Å²) in [6.45, 7) is 2.00. The molecule has 20 heavy (non-hydrogen) atoms. The first-order valence-electron chi connectivity index (χ1n) is 6.96. The van der Waals surface area contributed by atoms with Crippen LogP contribution in [-0.2, 0) is 9.53 Å². The van der Waals surface area contributed by atoms with Crippen molar-refractivity contribution in [3.05, 3.63) is 41.9 Å². The van der Waals surface area contributed by atoms with E-state index < -0.39 is 0 Å². The normalized spacial score (nSPS) is 29.2. The summed E-state index contributed by atoms with van der Waals surface area (Å²) in [5, 5.41) is 9.62. The molecular weight excluding hydrogens is 256 g/mol. The molecule has 0 amide bonds. The van der Waals surface area contributed by atoms with Crippen LogP contribution in [0.5, 0.6) is 5.75 Å². The fraction of sp³-hybridized carbons (Fsp3) is 0.438. The van der Waals surface area contributed by atoms with Gasteiger partial charge < -0.3 is 14.6 Å². The number of hydrogen-bond donors (Lipinski definition) is 1. The molecule has 3 unspecified atom stereocenters. The summed E-state index contributed by atoms with van der Waals surface area (Å²) in [4.78, 5) is 12.4. The number of rotatable bonds is 2. The molecule has 0 bridgehead atoms. The number of fused-ring (bicyclic) bond motifs is 1. The van der Waals surface area contributed by atoms with Crippen LogP contribution in [-0.4, -0.2) is 23.1 Å². The summed E-state index contributed by atoms with van der Waals surface area (Å²) >= 11 is 0. The van der Waals surface area contributed by atoms with E-state index >= 15 is 0 Å². The smallest absolute Gasteiger partial charge is 0.207 e. The van der Waals surface area contributed by atoms with Crippen molar-refractivity contribution in [3.63, 3.8) is 0 Å². The lowest BCUT2D eigenvalue weighted by molar-refractivity contribution is -0.132. The number of carbonyl (C=O) groups is 1. The van der Waals surface area contributed by atoms with Gasteiger partial charge in [-0.05, 0) is 31.9 Å². The topological polar surface area (TPSA) is 55.8 Å². The number of carbonyl (C=O) groups excluding carboxylic acids is 1. The molecule has 3 atom stereocenters. The lowest BCUT2D eigenvalue weighted by Crippen LogP contribution is -2.41. The Morgan fingerprint density at radius 2 is 2.00 bits per heavy atom. The van der Waals surface area contributed by atoms with Gasteiger partial charge in [0.25, 0.3) is 0 Å². The van der Waals surface area contributed by atoms with Gasteiger partial charge in [0.2, 0.25) is 11.5 Å². The van der Waals surface area contributed by atoms with Crippen LogP contribution in [0.1, 0.15) is 24.8 Å². The molecule has 1 N–H and O–H groups in total. The Balaban J connectivity index is 1.74. The zero-order chi connectivity index (χ0) is 14.1. The van der Waals surface area contributed by atoms with Gasteiger partial charge in [0.1, 0.15) is 18.1 Å². The molecule has 1 fully saturated rings. The Hall–Kier alpha value is -1.81. The van der Waals surface area contributed by atoms with Crippen molar-refractivity contribution < 1.29 is 19.4 Å². The maximum atomic E-state index is 12.4. The molecule has 4 heteroatoms. The second kappa shape index (κ2) is 5.29. The van der Waals surface area contributed by atoms with Crippen molar-refractivity contribution in [2.24, 2.45) is 5.92 Å². The van der Waals surface area contributed by atoms with Crippen LogP contribution in [0.15, 0.2) is 36.3 Å². The molecule has 0 spiro atoms. The van der Waals surface area contributed by atoms with Crippen LogP contribution in [0.25, 0.3) is 0 Å². The predicted octanol–water partition coefficient (Wildman–Crippen LogP) is 2.34. The first kappa shape index (κ1) is 13.2. The standard InChI is InChI=1S/C16H18O4/c1-10-2-5-12(6-3-10)20-15-9-19-14-8-11(17)4-7-13(14)16(15)18/h2-3,5-6,9,11,13-14,17H,4,7-8H2,1H3. The molecule has 0 radical (unpaired) electrons. The second-order valence-electron chi connectivity index (χ2n) is 5.51. The molecule has 0 saturated heterocycles. The SMILES string of the molecule is Cc1ccc(OC2=COC3CC(O)CCC3C2=O)cc1. The minimum Gasteiger partial charge on any atom is -0.493 e. The van der Waals surface area contributed by atoms with E-state index in [1.165, 1.54) is 6.26 Å². The van der Waals surface area contributed by atoms with Gasteiger partial charge in [0.05, 0.1) is 12.0 Å². The van der Waals surface area contributed by atoms with Crippen molar-refractivity contribution in [2.45, 2.75) is 38.4 Å². The molecular formula is C16H18O4. The van der Waals surface area contributed by atoms with E-state index in [4.69, 9.17) is 9.47 Å². The average Bonchev–Trinajstić information content (AvgIpc) is 2.44. The van der Waals surface area contributed by atoms with Crippen LogP contribution >= 0.6 is 0 Å². The number of Topliss-reactive ketones (excluding diaryl/α,β-unsaturated/α-hetero) is 1. The van der Waals surface area contributed by atoms with Crippen LogP contribution in [0.4, 0.5) is 0 Å². The number of hydrogen-bond acceptors (Lipinski definition) is 4. The zero-order valence-corrected chi connectivity index (χ0v) is 11.4. The highest BCUT2D eigenvalue weighted by atomic mass is 16.5. The Morgan fingerprint density at radius 3 is 2.75 bits per heavy atom. The maximum Gasteiger partial charge on any atom is 0.207 e. The molecule has 4 nitrogen and oxygen atoms in total. The van der Waals surface area contributed by atoms with Crippen LogP contribution in [0.2, 0.25) is 0 Å². The third kappa shape index (κ3) is 2.56. The fourth-order valence-electron chi connectivity index (χ4n) is 2.76. The summed E-state index contributed by atoms with van der Waals surface area (Å²) in [6, 6.07) is 7.54. The number of benzene rings is 1. The number of aliphatic hydroxyl groups is 1. The molecule has 106 valence electrons. The summed E-state index contributed by atoms with van der Waals surface area (Å²) in [7, 11) is 0. The minimum atomic E-state index is -0.364. The van der Waals surface area contributed by atoms with Gasteiger partial charge in [0, 0.05) is 6.42 Å². The zero-order valence-electron chi connectivity index (χ0n) is 11.4. The lowest BCUT2D eigenvalue weighted by atomic mass is 9.80. The highest BCUT2D eigenvalue weighted by molar-refractivity contribution is 5.96. The van der Waals surface area contributed by atoms with Gasteiger partial charge in [-0.15, -0.1) is 0 Å². The van der Waals surface area contributed by atoms with Crippen molar-refractivity contribution in [2.75, 3.05) is 0 Å². The van der Waals surface area contributed by atoms with Gasteiger partial charge in [-0.3, -0.25) is 4.79 Å². The summed E-state index contributed by atoms with van der Waals surface area (Å²) in [6.07, 6.45) is 2.63. The molecule has 1 aromatic carbocycles. The highest BCUT2D eigenvalue weighted by Gasteiger charge is 2.40. The van der Waals surface area contributed by atoms with Gasteiger partial charge in [-0.1, -0.05) is 17.7 Å². The molecule has 3 rings (SSSR count). The van der Waals surface area contributed by atoms with E-state index in [1.807, 2.05) is 31.2 Å². The third-order valence-electron chi connectivity index (χ3n) is 3.94. The minimum absolute atomic E-state index is 0.0197. The van der Waals surface area contributed by atoms with Gasteiger partial charge in [-0.2, -0.15) is 0 Å². The first-order chi connectivity index (χ1) is 9.63. The van der Waals surface area contributed by atoms with Crippen LogP contribution in [0.3, 0.4) is 0 Å². The van der Waals surface area contributed by atoms with Crippen molar-refractivity contribution in [3.8, 4) is 5.75 Å². The van der Waals surface area contributed by atoms with E-state index in [0.29, 0.717) is 25.0 Å². The first-order valence-corrected chi connectivity index (χ1v) is 6.96. The lowest BCUT2D eigenvalue weighted by Gasteiger charge is -2.35. The second-order valence-corrected chi connectivity index (χ2v) is 5.51. The molecule has 1 aliphatic carbocycles. The Bertz CT molecular complexity index is 532. The van der Waals surface area contributed by atoms with E-state index in [9.17, 15) is 9.90 Å². The van der Waals surface area contributed by atoms with Gasteiger partial charge in [0.15, 0.2) is 0 Å². The van der Waals surface area contributed by atoms with Crippen LogP contribution in [0, 0.1) is 12.8 Å². The molecule has 1 saturated carbocycles. The fourth-order valence-corrected chi connectivity index (χ4v) is 2.76. The number of aliphatic hydroxyl groups excluding tert-OH is 1. The molecule has 2 aliphatic rings. The van der Waals surface area contributed by atoms with Crippen molar-refractivity contribution in [1.82, 2.24) is 0 Å². The van der Waals surface area contributed by atoms with Crippen molar-refractivity contribution in [1.29, 1.82) is 0 Å². The number of ether oxygens (including phenoxy) is 2. The van der Waals surface area contributed by atoms with E-state index in [-0.39, 0.29) is 29.7 Å². The van der Waals surface area contributed by atoms with Crippen LogP contribution < -0.4 is 4.74 Å². The largest absolute Gasteiger partial charge is 0.493 e. The summed E-state index contributed by atoms with van der Waals surface area (Å²) in [5.74, 6) is 0.678. The van der Waals surface area contributed by atoms with E-state index in [2.05, 4.69) is 0 Å². The van der Waals surface area contributed by atoms with Gasteiger partial charge in [-0.25, -0.2) is 0 Å².